The molecule has 0 unspecified atom stereocenters. The molecule has 4 aliphatic heterocycles. The highest BCUT2D eigenvalue weighted by atomic mass is 16.7. The van der Waals surface area contributed by atoms with Crippen molar-refractivity contribution >= 4 is 51.9 Å². The van der Waals surface area contributed by atoms with Crippen LogP contribution < -0.4 is 15.4 Å². The summed E-state index contributed by atoms with van der Waals surface area (Å²) >= 11 is 0. The van der Waals surface area contributed by atoms with Gasteiger partial charge in [0.1, 0.15) is 23.4 Å². The molecule has 1 saturated heterocycles. The minimum absolute atomic E-state index is 0.0344. The number of aliphatic hydroxyl groups is 2. The molecule has 4 aliphatic rings. The Hall–Kier alpha value is -6.47. The molecule has 18 nitrogen and oxygen atoms in total. The maximum Gasteiger partial charge on any atom is 0.312 e. The van der Waals surface area contributed by atoms with Crippen LogP contribution in [0.2, 0.25) is 0 Å². The Morgan fingerprint density at radius 3 is 2.15 bits per heavy atom. The van der Waals surface area contributed by atoms with Gasteiger partial charge in [0.25, 0.3) is 11.7 Å². The Bertz CT molecular complexity index is 2630. The Balaban J connectivity index is 1.45. The number of hydrogen-bond donors (Lipinski definition) is 7. The zero-order valence-corrected chi connectivity index (χ0v) is 42.5. The predicted octanol–water partition coefficient (Wildman–Crippen LogP) is 6.64. The second-order valence-corrected chi connectivity index (χ2v) is 19.5. The van der Waals surface area contributed by atoms with Gasteiger partial charge in [0.2, 0.25) is 5.91 Å². The number of carbonyl (C=O) groups is 4. The van der Waals surface area contributed by atoms with Crippen molar-refractivity contribution in [1.82, 2.24) is 9.91 Å². The zero-order valence-electron chi connectivity index (χ0n) is 42.5. The van der Waals surface area contributed by atoms with Gasteiger partial charge >= 0.3 is 11.8 Å². The van der Waals surface area contributed by atoms with Crippen molar-refractivity contribution in [3.63, 3.8) is 0 Å². The highest BCUT2D eigenvalue weighted by molar-refractivity contribution is 6.24. The molecule has 2 amide bonds. The average Bonchev–Trinajstić information content (AvgIpc) is 3.58. The van der Waals surface area contributed by atoms with Crippen LogP contribution in [0.4, 0.5) is 11.4 Å². The first kappa shape index (κ1) is 53.9. The molecule has 0 spiro atoms. The van der Waals surface area contributed by atoms with Crippen LogP contribution >= 0.6 is 0 Å². The molecule has 1 fully saturated rings. The maximum atomic E-state index is 14.7. The Labute approximate surface area is 414 Å². The molecule has 3 aromatic carbocycles. The second kappa shape index (κ2) is 21.9. The SMILES string of the molecule is CO[C@@H]1C=CO[C@@]2(C)Oc3c(C)c(O)c4c(O)c(c(C=NN5[C@H](C)CN(Cc6ccc(NC(C)=O)cc6)C[C@@H]5C)c(O)c4c3C2=O)NC(=O)C(C)=CC=C[C@H](C)[C@H](O)[C@H](C)[C@H](O)[C@H](C)[C@@H](OC(C)=O)[C@@H]1C. The van der Waals surface area contributed by atoms with Gasteiger partial charge in [-0.15, -0.1) is 0 Å². The van der Waals surface area contributed by atoms with Gasteiger partial charge in [0, 0.05) is 93.4 Å². The number of Topliss-reactive ketones (excluding diaryl/α,β-unsaturated/α-hetero) is 1. The van der Waals surface area contributed by atoms with E-state index in [4.69, 9.17) is 24.0 Å². The van der Waals surface area contributed by atoms with E-state index in [1.54, 1.807) is 39.8 Å². The van der Waals surface area contributed by atoms with Gasteiger partial charge in [-0.2, -0.15) is 5.10 Å². The fourth-order valence-corrected chi connectivity index (χ4v) is 9.93. The summed E-state index contributed by atoms with van der Waals surface area (Å²) in [5, 5.41) is 71.0. The number of nitrogens with one attached hydrogen (secondary N) is 2. The molecule has 0 saturated carbocycles. The minimum atomic E-state index is -2.09. The van der Waals surface area contributed by atoms with Crippen molar-refractivity contribution in [2.24, 2.45) is 28.8 Å². The Kier molecular flexibility index (Phi) is 16.6. The highest BCUT2D eigenvalue weighted by Gasteiger charge is 2.50. The lowest BCUT2D eigenvalue weighted by Crippen LogP contribution is -2.54. The molecular formula is C53H69N5O13. The van der Waals surface area contributed by atoms with Gasteiger partial charge in [-0.1, -0.05) is 58.1 Å². The summed E-state index contributed by atoms with van der Waals surface area (Å²) in [7, 11) is 1.43. The number of hydrazone groups is 1. The smallest absolute Gasteiger partial charge is 0.312 e. The monoisotopic (exact) mass is 983 g/mol. The van der Waals surface area contributed by atoms with E-state index < -0.39 is 88.8 Å². The third-order valence-electron chi connectivity index (χ3n) is 14.0. The summed E-state index contributed by atoms with van der Waals surface area (Å²) in [4.78, 5) is 54.9. The van der Waals surface area contributed by atoms with Gasteiger partial charge in [0.05, 0.1) is 65.1 Å². The van der Waals surface area contributed by atoms with Crippen molar-refractivity contribution in [3.8, 4) is 23.0 Å². The van der Waals surface area contributed by atoms with E-state index in [9.17, 15) is 44.7 Å². The van der Waals surface area contributed by atoms with E-state index in [-0.39, 0.29) is 62.5 Å². The number of hydrogen-bond acceptors (Lipinski definition) is 16. The van der Waals surface area contributed by atoms with Crippen molar-refractivity contribution in [1.29, 1.82) is 0 Å². The number of fused-ring (bicyclic) bond motifs is 14. The highest BCUT2D eigenvalue weighted by Crippen LogP contribution is 2.55. The number of piperazine rings is 1. The van der Waals surface area contributed by atoms with Crippen LogP contribution in [0.15, 0.2) is 65.5 Å². The molecule has 3 aromatic rings. The number of carbonyl (C=O) groups excluding carboxylic acids is 4. The lowest BCUT2D eigenvalue weighted by atomic mass is 9.78. The van der Waals surface area contributed by atoms with E-state index in [0.717, 1.165) is 5.56 Å². The van der Waals surface area contributed by atoms with Gasteiger partial charge in [0.15, 0.2) is 5.75 Å². The average molecular weight is 984 g/mol. The van der Waals surface area contributed by atoms with Crippen molar-refractivity contribution in [3.05, 3.63) is 82.7 Å². The van der Waals surface area contributed by atoms with Crippen LogP contribution in [0, 0.1) is 30.6 Å². The van der Waals surface area contributed by atoms with Gasteiger partial charge in [-0.25, -0.2) is 0 Å². The van der Waals surface area contributed by atoms with Crippen molar-refractivity contribution in [2.75, 3.05) is 30.8 Å². The number of phenols is 3. The summed E-state index contributed by atoms with van der Waals surface area (Å²) in [6.07, 6.45) is 4.76. The van der Waals surface area contributed by atoms with Gasteiger partial charge < -0.3 is 55.1 Å². The molecular weight excluding hydrogens is 915 g/mol. The Morgan fingerprint density at radius 1 is 0.901 bits per heavy atom. The van der Waals surface area contributed by atoms with E-state index >= 15 is 0 Å². The second-order valence-electron chi connectivity index (χ2n) is 19.5. The number of amides is 2. The van der Waals surface area contributed by atoms with E-state index in [2.05, 4.69) is 15.5 Å². The predicted molar refractivity (Wildman–Crippen MR) is 268 cm³/mol. The number of esters is 1. The fourth-order valence-electron chi connectivity index (χ4n) is 9.93. The van der Waals surface area contributed by atoms with Crippen molar-refractivity contribution in [2.45, 2.75) is 125 Å². The number of allylic oxidation sites excluding steroid dienone is 2. The molecule has 71 heavy (non-hydrogen) atoms. The number of aliphatic hydroxyl groups excluding tert-OH is 2. The number of methoxy groups -OCH3 is 1. The van der Waals surface area contributed by atoms with Crippen LogP contribution in [0.3, 0.4) is 0 Å². The number of anilines is 2. The summed E-state index contributed by atoms with van der Waals surface area (Å²) < 4.78 is 23.8. The number of rotatable bonds is 7. The Morgan fingerprint density at radius 2 is 1.55 bits per heavy atom. The maximum absolute atomic E-state index is 14.7. The summed E-state index contributed by atoms with van der Waals surface area (Å²) in [5.41, 5.74) is 1.25. The third-order valence-corrected chi connectivity index (χ3v) is 14.0. The number of nitrogens with zero attached hydrogens (tertiary/aromatic N) is 3. The fraction of sp³-hybridized carbons (Fsp3) is 0.491. The van der Waals surface area contributed by atoms with Gasteiger partial charge in [-0.3, -0.25) is 29.1 Å². The number of ketones is 1. The molecule has 4 heterocycles. The summed E-state index contributed by atoms with van der Waals surface area (Å²) in [6, 6.07) is 7.28. The first-order valence-electron chi connectivity index (χ1n) is 23.9. The lowest BCUT2D eigenvalue weighted by molar-refractivity contribution is -0.160. The summed E-state index contributed by atoms with van der Waals surface area (Å²) in [5.74, 6) is -8.81. The molecule has 0 radical (unpaired) electrons. The van der Waals surface area contributed by atoms with Crippen LogP contribution in [0.5, 0.6) is 23.0 Å². The molecule has 7 rings (SSSR count). The van der Waals surface area contributed by atoms with E-state index in [1.807, 2.05) is 43.1 Å². The molecule has 384 valence electrons. The standard InChI is InChI=1S/C53H69N5O13/c1-26-14-13-15-27(2)52(67)56-43-38(22-54-58-28(3)23-57(24-29(58)4)25-36-16-18-37(19-17-36)55-34(9)59)47(64)40-41(48(43)65)46(63)33(8)50-42(40)51(66)53(11,71-50)69-21-20-39(68-12)30(5)49(70-35(10)60)32(7)45(62)31(6)44(26)61/h13-22,26,28-32,39,44-45,49,61-65H,23-25H2,1-12H3,(H,55,59)(H,56,67)/t26-,28-,29+,30+,31-,32-,39+,44-,45-,49-,53-/m0/s1. The minimum Gasteiger partial charge on any atom is -0.507 e. The summed E-state index contributed by atoms with van der Waals surface area (Å²) in [6.45, 7) is 19.8. The molecule has 0 aliphatic carbocycles. The molecule has 11 atom stereocenters. The van der Waals surface area contributed by atoms with Crippen LogP contribution in [-0.2, 0) is 35.1 Å². The first-order valence-corrected chi connectivity index (χ1v) is 23.9. The number of benzene rings is 3. The number of phenolic OH excluding ortho intramolecular Hbond substituents is 3. The molecule has 18 heteroatoms. The molecule has 7 N–H and O–H groups in total. The van der Waals surface area contributed by atoms with Crippen LogP contribution in [0.1, 0.15) is 96.3 Å². The van der Waals surface area contributed by atoms with Crippen LogP contribution in [0.25, 0.3) is 10.8 Å². The lowest BCUT2D eigenvalue weighted by Gasteiger charge is -2.42. The molecule has 5 bridgehead atoms. The van der Waals surface area contributed by atoms with Gasteiger partial charge in [-0.05, 0) is 51.5 Å². The topological polar surface area (TPSA) is 249 Å². The third kappa shape index (κ3) is 11.2. The number of aromatic hydroxyl groups is 3. The van der Waals surface area contributed by atoms with Crippen LogP contribution in [-0.4, -0.2) is 128 Å². The van der Waals surface area contributed by atoms with Crippen molar-refractivity contribution < 1.29 is 63.7 Å². The zero-order chi connectivity index (χ0) is 52.4. The molecule has 0 aromatic heterocycles. The quantitative estimate of drug-likeness (QED) is 0.0567. The first-order chi connectivity index (χ1) is 33.4. The largest absolute Gasteiger partial charge is 0.507 e. The van der Waals surface area contributed by atoms with E-state index in [1.165, 1.54) is 66.4 Å². The van der Waals surface area contributed by atoms with E-state index in [0.29, 0.717) is 25.3 Å². The number of ether oxygens (including phenoxy) is 4. The normalized spacial score (nSPS) is 29.0.